The molecule has 5 nitrogen and oxygen atoms in total. The highest BCUT2D eigenvalue weighted by atomic mass is 32.2. The first-order valence-corrected chi connectivity index (χ1v) is 7.56. The minimum Gasteiger partial charge on any atom is -0.392 e. The molecule has 0 saturated carbocycles. The van der Waals surface area contributed by atoms with Crippen molar-refractivity contribution in [3.63, 3.8) is 0 Å². The van der Waals surface area contributed by atoms with Gasteiger partial charge in [0.1, 0.15) is 0 Å². The van der Waals surface area contributed by atoms with E-state index in [1.807, 2.05) is 6.92 Å². The van der Waals surface area contributed by atoms with E-state index in [-0.39, 0.29) is 11.5 Å². The molecule has 1 aromatic heterocycles. The lowest BCUT2D eigenvalue weighted by Crippen LogP contribution is -2.14. The van der Waals surface area contributed by atoms with Gasteiger partial charge in [-0.05, 0) is 48.7 Å². The smallest absolute Gasteiger partial charge is 0.261 e. The molecule has 20 heavy (non-hydrogen) atoms. The molecule has 2 aromatic rings. The van der Waals surface area contributed by atoms with Gasteiger partial charge in [-0.25, -0.2) is 8.42 Å². The van der Waals surface area contributed by atoms with Crippen molar-refractivity contribution in [2.24, 2.45) is 0 Å². The van der Waals surface area contributed by atoms with E-state index in [0.717, 1.165) is 11.1 Å². The van der Waals surface area contributed by atoms with Crippen LogP contribution in [0.3, 0.4) is 0 Å². The Kier molecular flexibility index (Phi) is 4.06. The molecule has 0 fully saturated rings. The van der Waals surface area contributed by atoms with Crippen molar-refractivity contribution in [2.75, 3.05) is 4.72 Å². The van der Waals surface area contributed by atoms with E-state index in [1.165, 1.54) is 18.3 Å². The topological polar surface area (TPSA) is 79.3 Å². The van der Waals surface area contributed by atoms with Crippen LogP contribution in [0.1, 0.15) is 16.7 Å². The molecule has 2 N–H and O–H groups in total. The first-order valence-electron chi connectivity index (χ1n) is 6.08. The number of aryl methyl sites for hydroxylation is 2. The minimum atomic E-state index is -3.69. The molecule has 0 saturated heterocycles. The Bertz CT molecular complexity index is 727. The lowest BCUT2D eigenvalue weighted by molar-refractivity contribution is 0.281. The van der Waals surface area contributed by atoms with Crippen LogP contribution in [0, 0.1) is 13.8 Å². The Labute approximate surface area is 118 Å². The van der Waals surface area contributed by atoms with E-state index in [0.29, 0.717) is 11.3 Å². The van der Waals surface area contributed by atoms with E-state index in [2.05, 4.69) is 9.71 Å². The third-order valence-corrected chi connectivity index (χ3v) is 4.45. The number of rotatable bonds is 4. The summed E-state index contributed by atoms with van der Waals surface area (Å²) in [6.45, 7) is 3.43. The largest absolute Gasteiger partial charge is 0.392 e. The number of nitrogens with one attached hydrogen (secondary N) is 1. The van der Waals surface area contributed by atoms with Crippen LogP contribution in [0.5, 0.6) is 0 Å². The van der Waals surface area contributed by atoms with Crippen LogP contribution in [-0.4, -0.2) is 18.5 Å². The second-order valence-electron chi connectivity index (χ2n) is 4.54. The van der Waals surface area contributed by atoms with E-state index in [4.69, 9.17) is 0 Å². The molecular weight excluding hydrogens is 276 g/mol. The first-order chi connectivity index (χ1) is 9.44. The number of aliphatic hydroxyl groups is 1. The fourth-order valence-electron chi connectivity index (χ4n) is 1.76. The van der Waals surface area contributed by atoms with Gasteiger partial charge >= 0.3 is 0 Å². The number of anilines is 1. The Morgan fingerprint density at radius 3 is 2.60 bits per heavy atom. The number of pyridine rings is 1. The SMILES string of the molecule is Cc1ccc(S(=O)(=O)Nc2cnccc2C)cc1CO. The molecule has 0 aliphatic rings. The van der Waals surface area contributed by atoms with Crippen LogP contribution in [0.25, 0.3) is 0 Å². The second-order valence-corrected chi connectivity index (χ2v) is 6.22. The molecule has 106 valence electrons. The highest BCUT2D eigenvalue weighted by Crippen LogP contribution is 2.20. The Hall–Kier alpha value is -1.92. The molecule has 0 radical (unpaired) electrons. The summed E-state index contributed by atoms with van der Waals surface area (Å²) in [6, 6.07) is 6.40. The fourth-order valence-corrected chi connectivity index (χ4v) is 2.93. The minimum absolute atomic E-state index is 0.121. The number of hydrogen-bond acceptors (Lipinski definition) is 4. The van der Waals surface area contributed by atoms with Crippen LogP contribution in [0.15, 0.2) is 41.6 Å². The molecule has 0 aliphatic heterocycles. The van der Waals surface area contributed by atoms with Crippen LogP contribution in [-0.2, 0) is 16.6 Å². The quantitative estimate of drug-likeness (QED) is 0.903. The molecule has 0 unspecified atom stereocenters. The molecule has 2 rings (SSSR count). The first kappa shape index (κ1) is 14.5. The van der Waals surface area contributed by atoms with Crippen molar-refractivity contribution in [3.05, 3.63) is 53.3 Å². The van der Waals surface area contributed by atoms with Gasteiger partial charge in [0, 0.05) is 6.20 Å². The Morgan fingerprint density at radius 1 is 1.20 bits per heavy atom. The van der Waals surface area contributed by atoms with Gasteiger partial charge in [0.25, 0.3) is 10.0 Å². The fraction of sp³-hybridized carbons (Fsp3) is 0.214. The van der Waals surface area contributed by atoms with Crippen molar-refractivity contribution < 1.29 is 13.5 Å². The maximum atomic E-state index is 12.3. The standard InChI is InChI=1S/C14H16N2O3S/c1-10-3-4-13(7-12(10)9-17)20(18,19)16-14-8-15-6-5-11(14)2/h3-8,16-17H,9H2,1-2H3. The maximum absolute atomic E-state index is 12.3. The molecule has 0 spiro atoms. The molecule has 1 aromatic carbocycles. The molecular formula is C14H16N2O3S. The van der Waals surface area contributed by atoms with Crippen LogP contribution in [0.2, 0.25) is 0 Å². The average molecular weight is 292 g/mol. The zero-order valence-electron chi connectivity index (χ0n) is 11.3. The van der Waals surface area contributed by atoms with Gasteiger partial charge in [-0.3, -0.25) is 9.71 Å². The monoisotopic (exact) mass is 292 g/mol. The van der Waals surface area contributed by atoms with E-state index < -0.39 is 10.0 Å². The molecule has 6 heteroatoms. The summed E-state index contributed by atoms with van der Waals surface area (Å²) < 4.78 is 27.1. The maximum Gasteiger partial charge on any atom is 0.261 e. The molecule has 0 bridgehead atoms. The zero-order chi connectivity index (χ0) is 14.8. The van der Waals surface area contributed by atoms with Gasteiger partial charge in [-0.2, -0.15) is 0 Å². The van der Waals surface area contributed by atoms with E-state index in [9.17, 15) is 13.5 Å². The van der Waals surface area contributed by atoms with E-state index in [1.54, 1.807) is 25.3 Å². The Balaban J connectivity index is 2.38. The highest BCUT2D eigenvalue weighted by Gasteiger charge is 2.16. The lowest BCUT2D eigenvalue weighted by atomic mass is 10.1. The summed E-state index contributed by atoms with van der Waals surface area (Å²) in [5.41, 5.74) is 2.68. The van der Waals surface area contributed by atoms with Crippen molar-refractivity contribution in [1.29, 1.82) is 0 Å². The van der Waals surface area contributed by atoms with Gasteiger partial charge in [0.15, 0.2) is 0 Å². The summed E-state index contributed by atoms with van der Waals surface area (Å²) in [5.74, 6) is 0. The van der Waals surface area contributed by atoms with Gasteiger partial charge in [-0.15, -0.1) is 0 Å². The van der Waals surface area contributed by atoms with Crippen molar-refractivity contribution >= 4 is 15.7 Å². The Morgan fingerprint density at radius 2 is 1.95 bits per heavy atom. The molecule has 0 aliphatic carbocycles. The molecule has 0 atom stereocenters. The third-order valence-electron chi connectivity index (χ3n) is 3.08. The van der Waals surface area contributed by atoms with Crippen molar-refractivity contribution in [1.82, 2.24) is 4.98 Å². The van der Waals surface area contributed by atoms with Gasteiger partial charge in [-0.1, -0.05) is 6.07 Å². The van der Waals surface area contributed by atoms with Crippen molar-refractivity contribution in [3.8, 4) is 0 Å². The predicted molar refractivity (Wildman–Crippen MR) is 76.9 cm³/mol. The van der Waals surface area contributed by atoms with Crippen LogP contribution < -0.4 is 4.72 Å². The van der Waals surface area contributed by atoms with Crippen LogP contribution in [0.4, 0.5) is 5.69 Å². The van der Waals surface area contributed by atoms with Gasteiger partial charge in [0.2, 0.25) is 0 Å². The summed E-state index contributed by atoms with van der Waals surface area (Å²) in [6.07, 6.45) is 3.07. The number of aliphatic hydroxyl groups excluding tert-OH is 1. The van der Waals surface area contributed by atoms with Crippen molar-refractivity contribution in [2.45, 2.75) is 25.3 Å². The van der Waals surface area contributed by atoms with Gasteiger partial charge < -0.3 is 5.11 Å². The number of hydrogen-bond donors (Lipinski definition) is 2. The number of nitrogens with zero attached hydrogens (tertiary/aromatic N) is 1. The summed E-state index contributed by atoms with van der Waals surface area (Å²) in [4.78, 5) is 4.02. The predicted octanol–water partition coefficient (Wildman–Crippen LogP) is 1.99. The van der Waals surface area contributed by atoms with Gasteiger partial charge in [0.05, 0.1) is 23.4 Å². The van der Waals surface area contributed by atoms with E-state index >= 15 is 0 Å². The zero-order valence-corrected chi connectivity index (χ0v) is 12.1. The number of aromatic nitrogens is 1. The average Bonchev–Trinajstić information content (AvgIpc) is 2.41. The number of sulfonamides is 1. The highest BCUT2D eigenvalue weighted by molar-refractivity contribution is 7.92. The second kappa shape index (κ2) is 5.60. The third kappa shape index (κ3) is 2.97. The summed E-state index contributed by atoms with van der Waals surface area (Å²) in [7, 11) is -3.69. The summed E-state index contributed by atoms with van der Waals surface area (Å²) in [5, 5.41) is 9.22. The lowest BCUT2D eigenvalue weighted by Gasteiger charge is -2.11. The molecule has 0 amide bonds. The molecule has 1 heterocycles. The van der Waals surface area contributed by atoms with Crippen LogP contribution >= 0.6 is 0 Å². The normalized spacial score (nSPS) is 11.3. The number of benzene rings is 1. The summed E-state index contributed by atoms with van der Waals surface area (Å²) >= 11 is 0.